The Kier molecular flexibility index (Phi) is 13.5. The predicted molar refractivity (Wildman–Crippen MR) is 280 cm³/mol. The van der Waals surface area contributed by atoms with Crippen LogP contribution in [0, 0.1) is 34.9 Å². The second-order valence-electron chi connectivity index (χ2n) is 18.4. The van der Waals surface area contributed by atoms with Gasteiger partial charge in [-0.3, -0.25) is 0 Å². The number of benzene rings is 7. The Morgan fingerprint density at radius 2 is 1.04 bits per heavy atom. The number of fused-ring (bicyclic) bond motifs is 3. The summed E-state index contributed by atoms with van der Waals surface area (Å²) >= 11 is 0. The van der Waals surface area contributed by atoms with E-state index in [1.54, 1.807) is 0 Å². The van der Waals surface area contributed by atoms with Gasteiger partial charge in [0.2, 0.25) is 0 Å². The molecule has 10 aromatic rings. The van der Waals surface area contributed by atoms with Crippen LogP contribution in [0.15, 0.2) is 199 Å². The maximum Gasteiger partial charge on any atom is 0.134 e. The Hall–Kier alpha value is -7.01. The fourth-order valence-corrected chi connectivity index (χ4v) is 11.0. The molecule has 0 bridgehead atoms. The number of furan rings is 1. The van der Waals surface area contributed by atoms with Gasteiger partial charge in [0.25, 0.3) is 0 Å². The molecule has 0 spiro atoms. The van der Waals surface area contributed by atoms with E-state index in [4.69, 9.17) is 4.42 Å². The number of nitrogens with zero attached hydrogens (tertiary/aromatic N) is 2. The minimum absolute atomic E-state index is 0. The first-order chi connectivity index (χ1) is 31.8. The third-order valence-corrected chi connectivity index (χ3v) is 15.0. The number of aromatic nitrogens is 2. The molecule has 5 heteroatoms. The van der Waals surface area contributed by atoms with Crippen LogP contribution in [0.3, 0.4) is 0 Å². The van der Waals surface area contributed by atoms with Crippen molar-refractivity contribution >= 4 is 35.2 Å². The Bertz CT molecular complexity index is 3350. The van der Waals surface area contributed by atoms with Crippen LogP contribution in [-0.2, 0) is 20.1 Å². The van der Waals surface area contributed by atoms with E-state index in [0.29, 0.717) is 0 Å². The maximum absolute atomic E-state index is 6.42. The molecule has 0 saturated heterocycles. The third-order valence-electron chi connectivity index (χ3n) is 12.8. The molecule has 0 amide bonds. The summed E-state index contributed by atoms with van der Waals surface area (Å²) in [6, 6.07) is 64.0. The molecule has 335 valence electrons. The maximum atomic E-state index is 6.42. The van der Waals surface area contributed by atoms with Gasteiger partial charge in [-0.1, -0.05) is 194 Å². The van der Waals surface area contributed by atoms with Crippen molar-refractivity contribution in [2.75, 3.05) is 0 Å². The van der Waals surface area contributed by atoms with Gasteiger partial charge in [-0.25, -0.2) is 0 Å². The summed E-state index contributed by atoms with van der Waals surface area (Å²) in [6.45, 7) is 20.3. The molecule has 7 aromatic carbocycles. The van der Waals surface area contributed by atoms with Crippen molar-refractivity contribution < 1.29 is 33.7 Å². The molecule has 3 heterocycles. The molecule has 0 aliphatic rings. The van der Waals surface area contributed by atoms with Gasteiger partial charge in [-0.05, 0) is 52.4 Å². The van der Waals surface area contributed by atoms with E-state index in [0.717, 1.165) is 61.1 Å². The minimum atomic E-state index is -1.38. The Morgan fingerprint density at radius 3 is 1.70 bits per heavy atom. The molecule has 0 saturated carbocycles. The van der Waals surface area contributed by atoms with Crippen LogP contribution in [0.1, 0.15) is 40.7 Å². The van der Waals surface area contributed by atoms with Gasteiger partial charge in [-0.15, -0.1) is 29.3 Å². The van der Waals surface area contributed by atoms with E-state index < -0.39 is 8.07 Å². The normalized spacial score (nSPS) is 11.7. The van der Waals surface area contributed by atoms with Crippen LogP contribution in [0.5, 0.6) is 0 Å². The van der Waals surface area contributed by atoms with Crippen LogP contribution in [0.25, 0.3) is 77.8 Å². The molecule has 0 fully saturated rings. The number of rotatable bonds is 8. The van der Waals surface area contributed by atoms with Crippen LogP contribution in [0.4, 0.5) is 0 Å². The number of pyridine rings is 2. The number of hydrogen-bond acceptors (Lipinski definition) is 1. The van der Waals surface area contributed by atoms with Crippen molar-refractivity contribution in [3.8, 4) is 55.9 Å². The molecule has 67 heavy (non-hydrogen) atoms. The van der Waals surface area contributed by atoms with Crippen LogP contribution in [-0.4, -0.2) is 8.07 Å². The van der Waals surface area contributed by atoms with Crippen molar-refractivity contribution in [3.05, 3.63) is 250 Å². The van der Waals surface area contributed by atoms with Crippen molar-refractivity contribution in [1.29, 1.82) is 0 Å². The second kappa shape index (κ2) is 19.4. The van der Waals surface area contributed by atoms with Gasteiger partial charge in [0.05, 0.1) is 37.4 Å². The van der Waals surface area contributed by atoms with Crippen molar-refractivity contribution in [1.82, 2.24) is 0 Å². The van der Waals surface area contributed by atoms with E-state index >= 15 is 0 Å². The van der Waals surface area contributed by atoms with Crippen molar-refractivity contribution in [2.24, 2.45) is 0 Å². The Morgan fingerprint density at radius 1 is 0.478 bits per heavy atom. The summed E-state index contributed by atoms with van der Waals surface area (Å²) in [6.07, 6.45) is 4.25. The monoisotopic (exact) mass is 1070 g/mol. The molecule has 0 N–H and O–H groups in total. The molecular formula is C62H56IrN2OSi-2. The molecule has 3 aromatic heterocycles. The molecule has 1 radical (unpaired) electrons. The minimum Gasteiger partial charge on any atom is -0.469 e. The van der Waals surface area contributed by atoms with Gasteiger partial charge in [0, 0.05) is 50.9 Å². The predicted octanol–water partition coefficient (Wildman–Crippen LogP) is 14.8. The summed E-state index contributed by atoms with van der Waals surface area (Å²) in [5.41, 5.74) is 19.0. The summed E-state index contributed by atoms with van der Waals surface area (Å²) in [7, 11) is 7.15. The topological polar surface area (TPSA) is 20.9 Å². The van der Waals surface area contributed by atoms with Gasteiger partial charge >= 0.3 is 0 Å². The summed E-state index contributed by atoms with van der Waals surface area (Å²) < 4.78 is 10.4. The van der Waals surface area contributed by atoms with Gasteiger partial charge in [0.1, 0.15) is 5.58 Å². The Balaban J connectivity index is 0.000000201. The first-order valence-electron chi connectivity index (χ1n) is 22.6. The number of aryl methyl sites for hydroxylation is 1. The van der Waals surface area contributed by atoms with Crippen LogP contribution < -0.4 is 14.3 Å². The average molecular weight is 1070 g/mol. The van der Waals surface area contributed by atoms with Crippen LogP contribution >= 0.6 is 0 Å². The smallest absolute Gasteiger partial charge is 0.134 e. The quantitative estimate of drug-likeness (QED) is 0.0844. The fourth-order valence-electron chi connectivity index (χ4n) is 9.22. The molecule has 10 rings (SSSR count). The Labute approximate surface area is 411 Å². The SMILES string of the molecule is [CH2-]c1cc(-c2ccccc2)ccc1-c1cc(C)c([Si](C)(C)C)c[n+]1[CH2-].[CH2-]c1cc2oc3cc(-c4ccccc4-c4ccccc4)ccc3c2cc1-c1cc(C(C)c2ccccc2)cc[n+]1[CH2-].[Ir]. The first-order valence-corrected chi connectivity index (χ1v) is 26.1. The molecule has 1 unspecified atom stereocenters. The van der Waals surface area contributed by atoms with Crippen LogP contribution in [0.2, 0.25) is 19.6 Å². The molecular weight excluding hydrogens is 1010 g/mol. The molecule has 0 aliphatic heterocycles. The van der Waals surface area contributed by atoms with Gasteiger partial charge in [-0.2, -0.15) is 31.0 Å². The van der Waals surface area contributed by atoms with Gasteiger partial charge in [0.15, 0.2) is 0 Å². The third kappa shape index (κ3) is 9.64. The second-order valence-corrected chi connectivity index (χ2v) is 23.4. The average Bonchev–Trinajstić information content (AvgIpc) is 3.69. The number of hydrogen-bond donors (Lipinski definition) is 0. The zero-order chi connectivity index (χ0) is 46.1. The zero-order valence-electron chi connectivity index (χ0n) is 39.0. The largest absolute Gasteiger partial charge is 0.469 e. The first kappa shape index (κ1) is 46.5. The fraction of sp³-hybridized carbons (Fsp3) is 0.0968. The van der Waals surface area contributed by atoms with Gasteiger partial charge < -0.3 is 13.6 Å². The van der Waals surface area contributed by atoms with E-state index in [-0.39, 0.29) is 26.0 Å². The van der Waals surface area contributed by atoms with E-state index in [2.05, 4.69) is 237 Å². The summed E-state index contributed by atoms with van der Waals surface area (Å²) in [5, 5.41) is 3.62. The molecule has 3 nitrogen and oxygen atoms in total. The van der Waals surface area contributed by atoms with E-state index in [9.17, 15) is 0 Å². The summed E-state index contributed by atoms with van der Waals surface area (Å²) in [5.74, 6) is 0.264. The van der Waals surface area contributed by atoms with Crippen molar-refractivity contribution in [3.63, 3.8) is 0 Å². The zero-order valence-corrected chi connectivity index (χ0v) is 42.4. The van der Waals surface area contributed by atoms with E-state index in [1.165, 1.54) is 49.7 Å². The van der Waals surface area contributed by atoms with Crippen molar-refractivity contribution in [2.45, 2.75) is 39.4 Å². The molecule has 0 aliphatic carbocycles. The summed E-state index contributed by atoms with van der Waals surface area (Å²) in [4.78, 5) is 0. The standard InChI is InChI=1S/C39H30NO.C23H26NSi.Ir/c1-26-22-38-36(25-35(26)37-23-30(20-21-40(37)3)27(2)28-12-6-4-7-13-28)34-19-18-31(24-39(34)41-38)33-17-11-10-16-32(33)29-14-8-5-9-15-29;1-17-14-20(19-10-8-7-9-11-19)12-13-21(17)22-15-18(2)23(16-24(22)3)25(4,5)6;/h4-25,27H,1,3H2,2H3;7-16H,1,3H2,2,4-6H3;/q2*-1;. The van der Waals surface area contributed by atoms with E-state index in [1.807, 2.05) is 27.5 Å². The molecule has 1 atom stereocenters.